The minimum atomic E-state index is -0.306. The molecule has 1 amide bonds. The third-order valence-electron chi connectivity index (χ3n) is 6.41. The second kappa shape index (κ2) is 9.93. The van der Waals surface area contributed by atoms with Crippen molar-refractivity contribution in [3.63, 3.8) is 0 Å². The Balaban J connectivity index is 1.38. The van der Waals surface area contributed by atoms with Crippen molar-refractivity contribution < 1.29 is 14.3 Å². The molecule has 0 bridgehead atoms. The van der Waals surface area contributed by atoms with E-state index in [1.165, 1.54) is 5.57 Å². The number of carbonyl (C=O) groups is 1. The lowest BCUT2D eigenvalue weighted by molar-refractivity contribution is 0.0921. The van der Waals surface area contributed by atoms with E-state index in [9.17, 15) is 4.79 Å². The lowest BCUT2D eigenvalue weighted by Gasteiger charge is -2.37. The molecule has 0 saturated heterocycles. The Labute approximate surface area is 203 Å². The van der Waals surface area contributed by atoms with Gasteiger partial charge >= 0.3 is 6.09 Å². The van der Waals surface area contributed by atoms with Crippen LogP contribution in [0, 0.1) is 5.92 Å². The molecule has 0 fully saturated rings. The standard InChI is InChI=1S/C25H28ClN5O3/c1-2-33-25(32)31-12-9-20-21-16-18(26)7-8-22(21)28-23(20)24(31)17-5-3-6-19(15-17)34-14-4-11-30-13-10-27-29-30/h3,5-8,10,13,15-16,21-22,24,28H,2,4,9,11-12,14H2,1H3. The molecule has 0 saturated carbocycles. The lowest BCUT2D eigenvalue weighted by atomic mass is 9.85. The van der Waals surface area contributed by atoms with Crippen LogP contribution in [0.5, 0.6) is 5.75 Å². The van der Waals surface area contributed by atoms with Gasteiger partial charge in [-0.1, -0.05) is 41.1 Å². The summed E-state index contributed by atoms with van der Waals surface area (Å²) in [6.45, 7) is 4.05. The first-order valence-electron chi connectivity index (χ1n) is 11.7. The maximum Gasteiger partial charge on any atom is 0.410 e. The number of ether oxygens (including phenoxy) is 2. The summed E-state index contributed by atoms with van der Waals surface area (Å²) >= 11 is 6.32. The first-order valence-corrected chi connectivity index (χ1v) is 12.1. The zero-order chi connectivity index (χ0) is 23.5. The van der Waals surface area contributed by atoms with E-state index in [-0.39, 0.29) is 24.1 Å². The second-order valence-corrected chi connectivity index (χ2v) is 8.97. The number of halogens is 1. The number of aromatic nitrogens is 3. The average molecular weight is 482 g/mol. The van der Waals surface area contributed by atoms with Crippen LogP contribution in [0.2, 0.25) is 0 Å². The van der Waals surface area contributed by atoms with E-state index in [0.29, 0.717) is 19.8 Å². The molecular weight excluding hydrogens is 454 g/mol. The molecule has 1 aliphatic carbocycles. The van der Waals surface area contributed by atoms with Gasteiger partial charge in [-0.05, 0) is 42.7 Å². The molecule has 0 radical (unpaired) electrons. The molecule has 1 aromatic heterocycles. The number of benzene rings is 1. The molecule has 1 N–H and O–H groups in total. The van der Waals surface area contributed by atoms with Gasteiger partial charge in [0, 0.05) is 42.4 Å². The lowest BCUT2D eigenvalue weighted by Crippen LogP contribution is -2.42. The summed E-state index contributed by atoms with van der Waals surface area (Å²) in [5.41, 5.74) is 3.35. The van der Waals surface area contributed by atoms with Crippen molar-refractivity contribution >= 4 is 17.7 Å². The second-order valence-electron chi connectivity index (χ2n) is 8.53. The molecule has 3 unspecified atom stereocenters. The molecule has 5 rings (SSSR count). The van der Waals surface area contributed by atoms with Crippen LogP contribution in [-0.4, -0.2) is 51.8 Å². The predicted octanol–water partition coefficient (Wildman–Crippen LogP) is 4.19. The molecule has 2 aliphatic heterocycles. The molecule has 3 atom stereocenters. The Bertz CT molecular complexity index is 1130. The normalized spacial score (nSPS) is 23.2. The zero-order valence-electron chi connectivity index (χ0n) is 19.1. The van der Waals surface area contributed by atoms with Crippen molar-refractivity contribution in [2.24, 2.45) is 5.92 Å². The Kier molecular flexibility index (Phi) is 6.58. The van der Waals surface area contributed by atoms with Crippen LogP contribution in [0.4, 0.5) is 4.79 Å². The van der Waals surface area contributed by atoms with Crippen LogP contribution < -0.4 is 10.1 Å². The van der Waals surface area contributed by atoms with Crippen LogP contribution in [0.3, 0.4) is 0 Å². The zero-order valence-corrected chi connectivity index (χ0v) is 19.8. The topological polar surface area (TPSA) is 81.5 Å². The number of amides is 1. The van der Waals surface area contributed by atoms with Gasteiger partial charge in [0.15, 0.2) is 0 Å². The number of nitrogens with one attached hydrogen (secondary N) is 1. The van der Waals surface area contributed by atoms with E-state index in [1.807, 2.05) is 48.4 Å². The number of aryl methyl sites for hydroxylation is 1. The number of hydrogen-bond donors (Lipinski definition) is 1. The molecular formula is C25H28ClN5O3. The molecule has 0 spiro atoms. The number of rotatable bonds is 7. The fraction of sp³-hybridized carbons (Fsp3) is 0.400. The Morgan fingerprint density at radius 2 is 2.26 bits per heavy atom. The van der Waals surface area contributed by atoms with Crippen molar-refractivity contribution in [2.75, 3.05) is 19.8 Å². The van der Waals surface area contributed by atoms with E-state index in [2.05, 4.69) is 27.8 Å². The minimum absolute atomic E-state index is 0.147. The Hall–Kier alpha value is -3.26. The molecule has 3 aliphatic rings. The van der Waals surface area contributed by atoms with Gasteiger partial charge in [-0.3, -0.25) is 9.58 Å². The third-order valence-corrected chi connectivity index (χ3v) is 6.67. The fourth-order valence-corrected chi connectivity index (χ4v) is 5.14. The van der Waals surface area contributed by atoms with Crippen molar-refractivity contribution in [3.8, 4) is 5.75 Å². The van der Waals surface area contributed by atoms with Gasteiger partial charge in [-0.2, -0.15) is 0 Å². The molecule has 9 heteroatoms. The highest BCUT2D eigenvalue weighted by Crippen LogP contribution is 2.45. The van der Waals surface area contributed by atoms with Gasteiger partial charge in [0.05, 0.1) is 25.5 Å². The summed E-state index contributed by atoms with van der Waals surface area (Å²) in [5, 5.41) is 12.2. The maximum atomic E-state index is 12.9. The van der Waals surface area contributed by atoms with Gasteiger partial charge in [0.1, 0.15) is 11.8 Å². The van der Waals surface area contributed by atoms with E-state index in [1.54, 1.807) is 10.9 Å². The van der Waals surface area contributed by atoms with Crippen LogP contribution in [-0.2, 0) is 11.3 Å². The first-order chi connectivity index (χ1) is 16.6. The highest BCUT2D eigenvalue weighted by Gasteiger charge is 2.43. The van der Waals surface area contributed by atoms with Crippen molar-refractivity contribution in [3.05, 3.63) is 76.8 Å². The van der Waals surface area contributed by atoms with E-state index >= 15 is 0 Å². The number of allylic oxidation sites excluding steroid dienone is 2. The van der Waals surface area contributed by atoms with Crippen molar-refractivity contribution in [2.45, 2.75) is 38.4 Å². The molecule has 3 heterocycles. The van der Waals surface area contributed by atoms with Crippen LogP contribution in [0.25, 0.3) is 0 Å². The molecule has 1 aromatic carbocycles. The summed E-state index contributed by atoms with van der Waals surface area (Å²) in [6.07, 6.45) is 10.9. The van der Waals surface area contributed by atoms with Gasteiger partial charge < -0.3 is 14.8 Å². The van der Waals surface area contributed by atoms with Crippen molar-refractivity contribution in [1.29, 1.82) is 0 Å². The Morgan fingerprint density at radius 1 is 1.35 bits per heavy atom. The van der Waals surface area contributed by atoms with Crippen LogP contribution >= 0.6 is 11.6 Å². The van der Waals surface area contributed by atoms with E-state index in [0.717, 1.165) is 41.4 Å². The van der Waals surface area contributed by atoms with Gasteiger partial charge in [0.25, 0.3) is 0 Å². The molecule has 8 nitrogen and oxygen atoms in total. The van der Waals surface area contributed by atoms with Gasteiger partial charge in [0.2, 0.25) is 0 Å². The smallest absolute Gasteiger partial charge is 0.410 e. The van der Waals surface area contributed by atoms with Crippen molar-refractivity contribution in [1.82, 2.24) is 25.2 Å². The summed E-state index contributed by atoms with van der Waals surface area (Å²) in [6, 6.07) is 7.85. The Morgan fingerprint density at radius 3 is 3.09 bits per heavy atom. The SMILES string of the molecule is CCOC(=O)N1CCC2=C(NC3C=CC(Cl)=CC23)C1c1cccc(OCCCn2ccnn2)c1. The minimum Gasteiger partial charge on any atom is -0.494 e. The number of hydrogen-bond acceptors (Lipinski definition) is 6. The summed E-state index contributed by atoms with van der Waals surface area (Å²) in [7, 11) is 0. The van der Waals surface area contributed by atoms with Crippen LogP contribution in [0.15, 0.2) is 71.2 Å². The van der Waals surface area contributed by atoms with Gasteiger partial charge in [-0.15, -0.1) is 5.10 Å². The van der Waals surface area contributed by atoms with Crippen LogP contribution in [0.1, 0.15) is 31.4 Å². The highest BCUT2D eigenvalue weighted by atomic mass is 35.5. The highest BCUT2D eigenvalue weighted by molar-refractivity contribution is 6.31. The van der Waals surface area contributed by atoms with E-state index < -0.39 is 0 Å². The number of carbonyl (C=O) groups excluding carboxylic acids is 1. The molecule has 2 aromatic rings. The summed E-state index contributed by atoms with van der Waals surface area (Å²) < 4.78 is 13.2. The molecule has 34 heavy (non-hydrogen) atoms. The van der Waals surface area contributed by atoms with E-state index in [4.69, 9.17) is 21.1 Å². The number of fused-ring (bicyclic) bond motifs is 2. The largest absolute Gasteiger partial charge is 0.494 e. The fourth-order valence-electron chi connectivity index (χ4n) is 4.93. The quantitative estimate of drug-likeness (QED) is 0.597. The van der Waals surface area contributed by atoms with Gasteiger partial charge in [-0.25, -0.2) is 4.79 Å². The predicted molar refractivity (Wildman–Crippen MR) is 128 cm³/mol. The molecule has 178 valence electrons. The monoisotopic (exact) mass is 481 g/mol. The summed E-state index contributed by atoms with van der Waals surface area (Å²) in [5.74, 6) is 0.974. The maximum absolute atomic E-state index is 12.9. The average Bonchev–Trinajstić information content (AvgIpc) is 3.49. The summed E-state index contributed by atoms with van der Waals surface area (Å²) in [4.78, 5) is 14.7. The third kappa shape index (κ3) is 4.55. The first kappa shape index (κ1) is 22.5. The number of nitrogens with zero attached hydrogens (tertiary/aromatic N) is 4.